The molecule has 174 valence electrons. The molecule has 1 saturated heterocycles. The highest BCUT2D eigenvalue weighted by molar-refractivity contribution is 6.99. The molecule has 1 atom stereocenters. The van der Waals surface area contributed by atoms with Crippen LogP contribution in [0.15, 0.2) is 42.7 Å². The van der Waals surface area contributed by atoms with Gasteiger partial charge in [-0.05, 0) is 48.9 Å². The molecule has 1 aromatic carbocycles. The fraction of sp³-hybridized carbons (Fsp3) is 0.435. The number of aromatic nitrogens is 4. The molecule has 0 spiro atoms. The predicted molar refractivity (Wildman–Crippen MR) is 124 cm³/mol. The number of rotatable bonds is 7. The first-order valence-electron chi connectivity index (χ1n) is 10.9. The maximum Gasteiger partial charge on any atom is 0.275 e. The van der Waals surface area contributed by atoms with Gasteiger partial charge in [0, 0.05) is 39.4 Å². The minimum absolute atomic E-state index is 0.0372. The molecule has 9 nitrogen and oxygen atoms in total. The lowest BCUT2D eigenvalue weighted by Gasteiger charge is -2.39. The van der Waals surface area contributed by atoms with E-state index < -0.39 is 0 Å². The number of methoxy groups -OCH3 is 1. The minimum atomic E-state index is -0.101. The summed E-state index contributed by atoms with van der Waals surface area (Å²) in [6, 6.07) is 9.66. The number of nitrogens with zero attached hydrogens (tertiary/aromatic N) is 6. The van der Waals surface area contributed by atoms with E-state index in [1.165, 1.54) is 6.20 Å². The number of ether oxygens (including phenoxy) is 1. The van der Waals surface area contributed by atoms with Gasteiger partial charge in [0.05, 0.1) is 25.0 Å². The van der Waals surface area contributed by atoms with E-state index in [1.54, 1.807) is 31.1 Å². The van der Waals surface area contributed by atoms with Crippen LogP contribution < -0.4 is 4.74 Å². The van der Waals surface area contributed by atoms with Gasteiger partial charge < -0.3 is 14.5 Å². The Kier molecular flexibility index (Phi) is 7.02. The van der Waals surface area contributed by atoms with Gasteiger partial charge in [0.2, 0.25) is 0 Å². The molecule has 3 aromatic rings. The standard InChI is InChI=1S/C23H28N6O3S/c1-27-10-9-19(25-27)22(30)28(2)21(14-16-5-4-6-18(13-16)32-3)17-7-11-29(12-8-17)23(31)20-15-24-33-26-20/h4-6,9-10,13,15,17,21H,7-8,11-12,14H2,1-3H3/t21-/m0/s1. The second-order valence-electron chi connectivity index (χ2n) is 8.34. The number of aryl methyl sites for hydroxylation is 1. The third-order valence-corrected chi connectivity index (χ3v) is 6.76. The number of piperidine rings is 1. The molecule has 0 unspecified atom stereocenters. The highest BCUT2D eigenvalue weighted by atomic mass is 32.1. The van der Waals surface area contributed by atoms with Crippen LogP contribution in [0.4, 0.5) is 0 Å². The minimum Gasteiger partial charge on any atom is -0.497 e. The van der Waals surface area contributed by atoms with Crippen LogP contribution in [0.3, 0.4) is 0 Å². The summed E-state index contributed by atoms with van der Waals surface area (Å²) >= 11 is 1.04. The second-order valence-corrected chi connectivity index (χ2v) is 8.89. The number of likely N-dealkylation sites (tertiary alicyclic amines) is 1. The summed E-state index contributed by atoms with van der Waals surface area (Å²) in [6.07, 6.45) is 5.59. The van der Waals surface area contributed by atoms with E-state index in [-0.39, 0.29) is 23.8 Å². The Labute approximate surface area is 197 Å². The Bertz CT molecular complexity index is 1090. The summed E-state index contributed by atoms with van der Waals surface area (Å²) in [6.45, 7) is 1.25. The van der Waals surface area contributed by atoms with Crippen molar-refractivity contribution in [2.24, 2.45) is 13.0 Å². The molecule has 0 bridgehead atoms. The summed E-state index contributed by atoms with van der Waals surface area (Å²) in [5.74, 6) is 0.855. The van der Waals surface area contributed by atoms with Gasteiger partial charge in [-0.15, -0.1) is 0 Å². The van der Waals surface area contributed by atoms with Gasteiger partial charge in [-0.3, -0.25) is 14.3 Å². The largest absolute Gasteiger partial charge is 0.497 e. The molecular formula is C23H28N6O3S. The Morgan fingerprint density at radius 1 is 1.24 bits per heavy atom. The molecule has 2 aromatic heterocycles. The Morgan fingerprint density at radius 3 is 2.67 bits per heavy atom. The Morgan fingerprint density at radius 2 is 2.03 bits per heavy atom. The van der Waals surface area contributed by atoms with Crippen molar-refractivity contribution in [3.05, 3.63) is 59.7 Å². The van der Waals surface area contributed by atoms with Crippen LogP contribution in [0.5, 0.6) is 5.75 Å². The van der Waals surface area contributed by atoms with E-state index in [0.717, 1.165) is 35.9 Å². The quantitative estimate of drug-likeness (QED) is 0.529. The van der Waals surface area contributed by atoms with E-state index >= 15 is 0 Å². The van der Waals surface area contributed by atoms with Crippen molar-refractivity contribution in [1.29, 1.82) is 0 Å². The second kappa shape index (κ2) is 10.1. The molecule has 0 saturated carbocycles. The molecule has 2 amide bonds. The molecule has 0 aliphatic carbocycles. The predicted octanol–water partition coefficient (Wildman–Crippen LogP) is 2.52. The first kappa shape index (κ1) is 22.9. The molecule has 3 heterocycles. The monoisotopic (exact) mass is 468 g/mol. The van der Waals surface area contributed by atoms with E-state index in [9.17, 15) is 9.59 Å². The van der Waals surface area contributed by atoms with Gasteiger partial charge in [-0.25, -0.2) is 0 Å². The van der Waals surface area contributed by atoms with Crippen molar-refractivity contribution in [2.45, 2.75) is 25.3 Å². The maximum atomic E-state index is 13.2. The van der Waals surface area contributed by atoms with E-state index in [2.05, 4.69) is 19.9 Å². The van der Waals surface area contributed by atoms with Gasteiger partial charge in [0.15, 0.2) is 5.69 Å². The molecule has 1 aliphatic rings. The normalized spacial score (nSPS) is 15.3. The smallest absolute Gasteiger partial charge is 0.275 e. The van der Waals surface area contributed by atoms with Crippen LogP contribution in [0.1, 0.15) is 39.4 Å². The fourth-order valence-electron chi connectivity index (χ4n) is 4.43. The molecule has 10 heteroatoms. The highest BCUT2D eigenvalue weighted by Gasteiger charge is 2.34. The topological polar surface area (TPSA) is 93.5 Å². The third kappa shape index (κ3) is 5.22. The van der Waals surface area contributed by atoms with Crippen molar-refractivity contribution in [1.82, 2.24) is 28.3 Å². The number of hydrogen-bond donors (Lipinski definition) is 0. The van der Waals surface area contributed by atoms with Gasteiger partial charge in [-0.2, -0.15) is 13.8 Å². The fourth-order valence-corrected chi connectivity index (χ4v) is 4.84. The highest BCUT2D eigenvalue weighted by Crippen LogP contribution is 2.28. The van der Waals surface area contributed by atoms with Crippen LogP contribution in [0.25, 0.3) is 0 Å². The summed E-state index contributed by atoms with van der Waals surface area (Å²) in [7, 11) is 5.30. The average molecular weight is 469 g/mol. The number of benzene rings is 1. The zero-order valence-corrected chi connectivity index (χ0v) is 19.9. The van der Waals surface area contributed by atoms with E-state index in [1.807, 2.05) is 35.0 Å². The number of carbonyl (C=O) groups is 2. The molecule has 0 radical (unpaired) electrons. The van der Waals surface area contributed by atoms with Crippen LogP contribution in [0, 0.1) is 5.92 Å². The van der Waals surface area contributed by atoms with E-state index in [4.69, 9.17) is 4.74 Å². The third-order valence-electron chi connectivity index (χ3n) is 6.28. The summed E-state index contributed by atoms with van der Waals surface area (Å²) in [4.78, 5) is 29.5. The van der Waals surface area contributed by atoms with Crippen LogP contribution in [0.2, 0.25) is 0 Å². The number of amides is 2. The maximum absolute atomic E-state index is 13.2. The lowest BCUT2D eigenvalue weighted by atomic mass is 9.84. The number of carbonyl (C=O) groups excluding carboxylic acids is 2. The summed E-state index contributed by atoms with van der Waals surface area (Å²) in [5, 5.41) is 4.30. The average Bonchev–Trinajstić information content (AvgIpc) is 3.54. The van der Waals surface area contributed by atoms with Crippen molar-refractivity contribution in [2.75, 3.05) is 27.2 Å². The van der Waals surface area contributed by atoms with Gasteiger partial charge in [0.25, 0.3) is 11.8 Å². The SMILES string of the molecule is COc1cccc(C[C@@H](C2CCN(C(=O)c3cnsn3)CC2)N(C)C(=O)c2ccn(C)n2)c1. The molecule has 1 fully saturated rings. The van der Waals surface area contributed by atoms with Gasteiger partial charge in [0.1, 0.15) is 11.4 Å². The zero-order chi connectivity index (χ0) is 23.4. The molecule has 0 N–H and O–H groups in total. The van der Waals surface area contributed by atoms with Crippen molar-refractivity contribution >= 4 is 23.5 Å². The van der Waals surface area contributed by atoms with Crippen molar-refractivity contribution in [3.63, 3.8) is 0 Å². The molecule has 33 heavy (non-hydrogen) atoms. The first-order chi connectivity index (χ1) is 16.0. The zero-order valence-electron chi connectivity index (χ0n) is 19.0. The van der Waals surface area contributed by atoms with E-state index in [0.29, 0.717) is 30.9 Å². The number of likely N-dealkylation sites (N-methyl/N-ethyl adjacent to an activating group) is 1. The van der Waals surface area contributed by atoms with Crippen LogP contribution in [-0.2, 0) is 13.5 Å². The van der Waals surface area contributed by atoms with Gasteiger partial charge >= 0.3 is 0 Å². The molecule has 4 rings (SSSR count). The van der Waals surface area contributed by atoms with Crippen LogP contribution in [-0.4, -0.2) is 73.4 Å². The lowest BCUT2D eigenvalue weighted by Crippen LogP contribution is -2.48. The van der Waals surface area contributed by atoms with Gasteiger partial charge in [-0.1, -0.05) is 12.1 Å². The Hall–Kier alpha value is -3.27. The number of hydrogen-bond acceptors (Lipinski definition) is 7. The van der Waals surface area contributed by atoms with Crippen molar-refractivity contribution < 1.29 is 14.3 Å². The Balaban J connectivity index is 1.52. The summed E-state index contributed by atoms with van der Waals surface area (Å²) < 4.78 is 15.0. The van der Waals surface area contributed by atoms with Crippen LogP contribution >= 0.6 is 11.7 Å². The summed E-state index contributed by atoms with van der Waals surface area (Å²) in [5.41, 5.74) is 1.93. The lowest BCUT2D eigenvalue weighted by molar-refractivity contribution is 0.0516. The molecule has 1 aliphatic heterocycles. The van der Waals surface area contributed by atoms with Crippen molar-refractivity contribution in [3.8, 4) is 5.75 Å². The first-order valence-corrected chi connectivity index (χ1v) is 11.7. The molecular weight excluding hydrogens is 440 g/mol.